The Morgan fingerprint density at radius 2 is 2.27 bits per heavy atom. The smallest absolute Gasteiger partial charge is 0.232 e. The van der Waals surface area contributed by atoms with Gasteiger partial charge < -0.3 is 9.15 Å². The predicted molar refractivity (Wildman–Crippen MR) is 54.5 cm³/mol. The van der Waals surface area contributed by atoms with Crippen molar-refractivity contribution in [3.63, 3.8) is 0 Å². The predicted octanol–water partition coefficient (Wildman–Crippen LogP) is 2.27. The SMILES string of the molecule is Cc1nc(COc2cccnc2)oc1C. The molecule has 2 rings (SSSR count). The minimum atomic E-state index is 0.334. The van der Waals surface area contributed by atoms with Crippen molar-refractivity contribution in [3.05, 3.63) is 41.9 Å². The molecule has 0 aliphatic carbocycles. The van der Waals surface area contributed by atoms with E-state index in [1.165, 1.54) is 0 Å². The molecule has 0 saturated heterocycles. The van der Waals surface area contributed by atoms with Gasteiger partial charge in [-0.1, -0.05) is 0 Å². The molecule has 0 bridgehead atoms. The van der Waals surface area contributed by atoms with Crippen molar-refractivity contribution in [2.75, 3.05) is 0 Å². The number of pyridine rings is 1. The van der Waals surface area contributed by atoms with Crippen LogP contribution in [0.15, 0.2) is 28.9 Å². The van der Waals surface area contributed by atoms with Gasteiger partial charge in [0, 0.05) is 6.20 Å². The lowest BCUT2D eigenvalue weighted by molar-refractivity contribution is 0.259. The van der Waals surface area contributed by atoms with E-state index in [9.17, 15) is 0 Å². The summed E-state index contributed by atoms with van der Waals surface area (Å²) in [4.78, 5) is 8.16. The summed E-state index contributed by atoms with van der Waals surface area (Å²) in [5, 5.41) is 0. The van der Waals surface area contributed by atoms with Crippen LogP contribution in [0.25, 0.3) is 0 Å². The molecule has 0 atom stereocenters. The van der Waals surface area contributed by atoms with Crippen LogP contribution in [0.5, 0.6) is 5.75 Å². The summed E-state index contributed by atoms with van der Waals surface area (Å²) in [5.41, 5.74) is 0.903. The maximum Gasteiger partial charge on any atom is 0.232 e. The Morgan fingerprint density at radius 3 is 2.87 bits per heavy atom. The van der Waals surface area contributed by atoms with Crippen molar-refractivity contribution in [1.29, 1.82) is 0 Å². The zero-order chi connectivity index (χ0) is 10.7. The number of oxazole rings is 1. The van der Waals surface area contributed by atoms with Crippen molar-refractivity contribution in [1.82, 2.24) is 9.97 Å². The lowest BCUT2D eigenvalue weighted by atomic mass is 10.4. The Kier molecular flexibility index (Phi) is 2.67. The van der Waals surface area contributed by atoms with Crippen LogP contribution < -0.4 is 4.74 Å². The summed E-state index contributed by atoms with van der Waals surface area (Å²) in [7, 11) is 0. The van der Waals surface area contributed by atoms with Crippen molar-refractivity contribution >= 4 is 0 Å². The molecule has 4 nitrogen and oxygen atoms in total. The van der Waals surface area contributed by atoms with Gasteiger partial charge in [0.15, 0.2) is 6.61 Å². The largest absolute Gasteiger partial charge is 0.482 e. The number of ether oxygens (including phenoxy) is 1. The molecule has 0 unspecified atom stereocenters. The molecule has 0 spiro atoms. The summed E-state index contributed by atoms with van der Waals surface area (Å²) < 4.78 is 10.8. The third kappa shape index (κ3) is 2.34. The Balaban J connectivity index is 1.99. The molecule has 0 aliphatic heterocycles. The van der Waals surface area contributed by atoms with Gasteiger partial charge in [-0.25, -0.2) is 4.98 Å². The molecular weight excluding hydrogens is 192 g/mol. The van der Waals surface area contributed by atoms with E-state index in [-0.39, 0.29) is 0 Å². The van der Waals surface area contributed by atoms with E-state index in [2.05, 4.69) is 9.97 Å². The zero-order valence-electron chi connectivity index (χ0n) is 8.73. The van der Waals surface area contributed by atoms with E-state index in [4.69, 9.17) is 9.15 Å². The van der Waals surface area contributed by atoms with Gasteiger partial charge in [-0.05, 0) is 26.0 Å². The van der Waals surface area contributed by atoms with Crippen LogP contribution in [0.3, 0.4) is 0 Å². The monoisotopic (exact) mass is 204 g/mol. The number of hydrogen-bond acceptors (Lipinski definition) is 4. The molecule has 2 aromatic heterocycles. The Bertz CT molecular complexity index is 418. The molecule has 78 valence electrons. The van der Waals surface area contributed by atoms with Crippen LogP contribution in [0.2, 0.25) is 0 Å². The molecule has 0 N–H and O–H groups in total. The van der Waals surface area contributed by atoms with Gasteiger partial charge in [0.05, 0.1) is 11.9 Å². The van der Waals surface area contributed by atoms with Crippen molar-refractivity contribution < 1.29 is 9.15 Å². The van der Waals surface area contributed by atoms with Gasteiger partial charge in [-0.2, -0.15) is 0 Å². The molecule has 0 aliphatic rings. The minimum absolute atomic E-state index is 0.334. The number of aryl methyl sites for hydroxylation is 2. The molecule has 0 radical (unpaired) electrons. The fraction of sp³-hybridized carbons (Fsp3) is 0.273. The summed E-state index contributed by atoms with van der Waals surface area (Å²) in [5.74, 6) is 2.14. The molecule has 2 heterocycles. The Morgan fingerprint density at radius 1 is 1.40 bits per heavy atom. The summed E-state index contributed by atoms with van der Waals surface area (Å²) >= 11 is 0. The normalized spacial score (nSPS) is 10.3. The van der Waals surface area contributed by atoms with Gasteiger partial charge in [0.25, 0.3) is 0 Å². The first-order valence-electron chi connectivity index (χ1n) is 4.71. The Labute approximate surface area is 87.9 Å². The molecule has 15 heavy (non-hydrogen) atoms. The second-order valence-electron chi connectivity index (χ2n) is 3.23. The highest BCUT2D eigenvalue weighted by molar-refractivity contribution is 5.15. The maximum absolute atomic E-state index is 5.44. The van der Waals surface area contributed by atoms with Gasteiger partial charge >= 0.3 is 0 Å². The second-order valence-corrected chi connectivity index (χ2v) is 3.23. The van der Waals surface area contributed by atoms with E-state index >= 15 is 0 Å². The first kappa shape index (κ1) is 9.71. The van der Waals surface area contributed by atoms with Crippen LogP contribution in [0, 0.1) is 13.8 Å². The summed E-state index contributed by atoms with van der Waals surface area (Å²) in [6.45, 7) is 4.13. The number of rotatable bonds is 3. The molecule has 4 heteroatoms. The lowest BCUT2D eigenvalue weighted by Gasteiger charge is -2.01. The highest BCUT2D eigenvalue weighted by Gasteiger charge is 2.05. The lowest BCUT2D eigenvalue weighted by Crippen LogP contribution is -1.95. The third-order valence-corrected chi connectivity index (χ3v) is 2.07. The topological polar surface area (TPSA) is 48.2 Å². The van der Waals surface area contributed by atoms with Crippen LogP contribution in [-0.2, 0) is 6.61 Å². The third-order valence-electron chi connectivity index (χ3n) is 2.07. The number of hydrogen-bond donors (Lipinski definition) is 0. The van der Waals surface area contributed by atoms with Gasteiger partial charge in [0.1, 0.15) is 11.5 Å². The first-order valence-corrected chi connectivity index (χ1v) is 4.71. The maximum atomic E-state index is 5.44. The van der Waals surface area contributed by atoms with Gasteiger partial charge in [-0.15, -0.1) is 0 Å². The van der Waals surface area contributed by atoms with E-state index in [0.29, 0.717) is 18.2 Å². The van der Waals surface area contributed by atoms with Crippen LogP contribution in [0.1, 0.15) is 17.3 Å². The number of aromatic nitrogens is 2. The van der Waals surface area contributed by atoms with Crippen molar-refractivity contribution in [3.8, 4) is 5.75 Å². The molecule has 0 saturated carbocycles. The Hall–Kier alpha value is -1.84. The highest BCUT2D eigenvalue weighted by atomic mass is 16.5. The van der Waals surface area contributed by atoms with Crippen molar-refractivity contribution in [2.24, 2.45) is 0 Å². The fourth-order valence-corrected chi connectivity index (χ4v) is 1.18. The molecule has 0 amide bonds. The standard InChI is InChI=1S/C11H12N2O2/c1-8-9(2)15-11(13-8)7-14-10-4-3-5-12-6-10/h3-6H,7H2,1-2H3. The highest BCUT2D eigenvalue weighted by Crippen LogP contribution is 2.12. The molecule has 0 aromatic carbocycles. The van der Waals surface area contributed by atoms with Gasteiger partial charge in [0.2, 0.25) is 5.89 Å². The van der Waals surface area contributed by atoms with Crippen LogP contribution in [0.4, 0.5) is 0 Å². The molecular formula is C11H12N2O2. The fourth-order valence-electron chi connectivity index (χ4n) is 1.18. The van der Waals surface area contributed by atoms with E-state index < -0.39 is 0 Å². The van der Waals surface area contributed by atoms with Crippen molar-refractivity contribution in [2.45, 2.75) is 20.5 Å². The molecule has 0 fully saturated rings. The average Bonchev–Trinajstić information content (AvgIpc) is 2.57. The van der Waals surface area contributed by atoms with Crippen LogP contribution in [-0.4, -0.2) is 9.97 Å². The zero-order valence-corrected chi connectivity index (χ0v) is 8.73. The van der Waals surface area contributed by atoms with Crippen LogP contribution >= 0.6 is 0 Å². The quantitative estimate of drug-likeness (QED) is 0.769. The summed E-state index contributed by atoms with van der Waals surface area (Å²) in [6.07, 6.45) is 3.36. The van der Waals surface area contributed by atoms with Gasteiger partial charge in [-0.3, -0.25) is 4.98 Å². The average molecular weight is 204 g/mol. The molecule has 2 aromatic rings. The van der Waals surface area contributed by atoms with E-state index in [1.807, 2.05) is 26.0 Å². The second kappa shape index (κ2) is 4.13. The van der Waals surface area contributed by atoms with E-state index in [0.717, 1.165) is 11.5 Å². The summed E-state index contributed by atoms with van der Waals surface area (Å²) in [6, 6.07) is 3.66. The minimum Gasteiger partial charge on any atom is -0.482 e. The first-order chi connectivity index (χ1) is 7.25. The van der Waals surface area contributed by atoms with E-state index in [1.54, 1.807) is 12.4 Å². The number of nitrogens with zero attached hydrogens (tertiary/aromatic N) is 2.